The van der Waals surface area contributed by atoms with Crippen molar-refractivity contribution < 1.29 is 50.0 Å². The molecule has 0 unspecified atom stereocenters. The number of amides is 3. The molecule has 0 heterocycles. The third-order valence-electron chi connectivity index (χ3n) is 8.78. The zero-order chi connectivity index (χ0) is 34.0. The summed E-state index contributed by atoms with van der Waals surface area (Å²) in [7, 11) is 6.43. The molecule has 3 amide bonds. The molecule has 0 radical (unpaired) electrons. The number of urea groups is 1. The Kier molecular flexibility index (Phi) is 7.94. The number of carbonyl (C=O) groups excluding carboxylic acids is 4. The Morgan fingerprint density at radius 1 is 1.00 bits per heavy atom. The Labute approximate surface area is 262 Å². The molecule has 2 aromatic rings. The van der Waals surface area contributed by atoms with Gasteiger partial charge in [-0.15, -0.1) is 5.23 Å². The van der Waals surface area contributed by atoms with Crippen molar-refractivity contribution in [2.24, 2.45) is 17.6 Å². The van der Waals surface area contributed by atoms with Crippen molar-refractivity contribution in [2.75, 3.05) is 49.0 Å². The van der Waals surface area contributed by atoms with E-state index in [4.69, 9.17) is 16.1 Å². The lowest BCUT2D eigenvalue weighted by atomic mass is 9.57. The number of rotatable bonds is 6. The molecule has 1 saturated carbocycles. The molecule has 16 heteroatoms. The number of benzene rings is 2. The fraction of sp³-hybridized carbons (Fsp3) is 0.333. The fourth-order valence-corrected chi connectivity index (χ4v) is 6.75. The number of nitrogens with two attached hydrogens (primary N) is 1. The van der Waals surface area contributed by atoms with Gasteiger partial charge in [0.15, 0.2) is 17.1 Å². The van der Waals surface area contributed by atoms with E-state index < -0.39 is 69.8 Å². The summed E-state index contributed by atoms with van der Waals surface area (Å²) in [5.41, 5.74) is 2.23. The zero-order valence-electron chi connectivity index (χ0n) is 25.3. The number of hydrogen-bond donors (Lipinski definition) is 9. The number of aliphatic hydroxyl groups is 3. The van der Waals surface area contributed by atoms with Gasteiger partial charge in [0, 0.05) is 37.0 Å². The molecule has 0 spiro atoms. The van der Waals surface area contributed by atoms with Crippen molar-refractivity contribution in [1.82, 2.24) is 4.90 Å². The van der Waals surface area contributed by atoms with E-state index in [1.165, 1.54) is 49.3 Å². The number of aromatic hydroxyl groups is 1. The molecule has 10 N–H and O–H groups in total. The predicted molar refractivity (Wildman–Crippen MR) is 164 cm³/mol. The van der Waals surface area contributed by atoms with Gasteiger partial charge in [-0.1, -0.05) is 0 Å². The number of phenolic OH excluding ortho intramolecular Hbond substituents is 1. The second-order valence-corrected chi connectivity index (χ2v) is 11.9. The smallest absolute Gasteiger partial charge is 0.323 e. The fourth-order valence-electron chi connectivity index (χ4n) is 6.75. The first kappa shape index (κ1) is 32.2. The molecule has 16 nitrogen and oxygen atoms in total. The van der Waals surface area contributed by atoms with E-state index in [1.807, 2.05) is 0 Å². The average Bonchev–Trinajstić information content (AvgIpc) is 2.96. The molecule has 0 bridgehead atoms. The van der Waals surface area contributed by atoms with Gasteiger partial charge in [0.2, 0.25) is 5.78 Å². The van der Waals surface area contributed by atoms with Crippen molar-refractivity contribution in [3.05, 3.63) is 58.4 Å². The number of aliphatic hydroxyl groups excluding tert-OH is 2. The van der Waals surface area contributed by atoms with Crippen LogP contribution in [0.4, 0.5) is 27.5 Å². The molecule has 3 aliphatic rings. The molecule has 3 aliphatic carbocycles. The Hall–Kier alpha value is -5.16. The lowest BCUT2D eigenvalue weighted by Crippen LogP contribution is -2.65. The Balaban J connectivity index is 1.59. The van der Waals surface area contributed by atoms with Crippen LogP contribution in [-0.4, -0.2) is 99.1 Å². The van der Waals surface area contributed by atoms with E-state index in [0.717, 1.165) is 0 Å². The van der Waals surface area contributed by atoms with Crippen LogP contribution in [0.2, 0.25) is 0 Å². The van der Waals surface area contributed by atoms with Gasteiger partial charge in [-0.2, -0.15) is 0 Å². The zero-order valence-corrected chi connectivity index (χ0v) is 25.3. The van der Waals surface area contributed by atoms with E-state index in [-0.39, 0.29) is 46.3 Å². The monoisotopic (exact) mass is 638 g/mol. The molecule has 46 heavy (non-hydrogen) atoms. The lowest BCUT2D eigenvalue weighted by Gasteiger charge is -2.50. The third-order valence-corrected chi connectivity index (χ3v) is 8.78. The summed E-state index contributed by atoms with van der Waals surface area (Å²) in [5.74, 6) is -7.77. The Bertz CT molecular complexity index is 1730. The molecular formula is C30H34N6O10. The standard InChI is InChI=1S/C30H34N6O10/c1-34(2)18-11-17(33-29(43)32-13-5-7-14(8-6-13)36(45)46)23(37)20-15(18)9-12-10-16-22(35(3)4)25(39)21(28(31)42)27(41)30(16,44)26(40)19(12)24(20)38/h5-8,11-12,16,22,37-38,41,44-46H,9-10H2,1-4H3,(H2,31,42)(H2,32,33,43)/t12-,16-,22+,30-/m0/s1. The molecule has 2 aromatic carbocycles. The van der Waals surface area contributed by atoms with Crippen LogP contribution in [0.3, 0.4) is 0 Å². The van der Waals surface area contributed by atoms with Gasteiger partial charge < -0.3 is 41.7 Å². The van der Waals surface area contributed by atoms with Crippen molar-refractivity contribution >= 4 is 52.0 Å². The van der Waals surface area contributed by atoms with Crippen LogP contribution in [0.1, 0.15) is 17.5 Å². The minimum Gasteiger partial charge on any atom is -0.508 e. The number of phenols is 1. The van der Waals surface area contributed by atoms with Crippen LogP contribution >= 0.6 is 0 Å². The van der Waals surface area contributed by atoms with E-state index in [0.29, 0.717) is 11.3 Å². The van der Waals surface area contributed by atoms with Crippen LogP contribution < -0.4 is 26.5 Å². The maximum absolute atomic E-state index is 14.1. The SMILES string of the molecule is CN(C)c1cc(NC(=O)Nc2ccc(N(O)O)cc2)c(O)c2c1C[C@H]1C[C@H]3[C@@H](N(C)C)C(=O)C(C(N)=O)=C(O)[C@@]3(O)C(=O)C1=C2O. The van der Waals surface area contributed by atoms with Crippen LogP contribution in [0.25, 0.3) is 5.76 Å². The highest BCUT2D eigenvalue weighted by Crippen LogP contribution is 2.54. The number of ketones is 2. The molecule has 4 atom stereocenters. The lowest BCUT2D eigenvalue weighted by molar-refractivity contribution is -0.153. The van der Waals surface area contributed by atoms with Gasteiger partial charge >= 0.3 is 6.03 Å². The first-order valence-corrected chi connectivity index (χ1v) is 14.1. The van der Waals surface area contributed by atoms with Crippen LogP contribution in [-0.2, 0) is 20.8 Å². The summed E-state index contributed by atoms with van der Waals surface area (Å²) in [4.78, 5) is 55.5. The molecular weight excluding hydrogens is 604 g/mol. The van der Waals surface area contributed by atoms with Crippen molar-refractivity contribution in [1.29, 1.82) is 0 Å². The number of primary amides is 1. The summed E-state index contributed by atoms with van der Waals surface area (Å²) in [6.45, 7) is 0. The number of hydrogen-bond acceptors (Lipinski definition) is 13. The van der Waals surface area contributed by atoms with Gasteiger partial charge in [0.1, 0.15) is 17.1 Å². The van der Waals surface area contributed by atoms with Gasteiger partial charge in [-0.3, -0.25) is 29.7 Å². The number of anilines is 4. The number of carbonyl (C=O) groups is 4. The third kappa shape index (κ3) is 4.87. The number of nitrogens with one attached hydrogen (secondary N) is 2. The maximum atomic E-state index is 14.1. The highest BCUT2D eigenvalue weighted by atomic mass is 16.8. The van der Waals surface area contributed by atoms with Gasteiger partial charge in [-0.25, -0.2) is 4.79 Å². The summed E-state index contributed by atoms with van der Waals surface area (Å²) < 4.78 is 0. The molecule has 0 saturated heterocycles. The highest BCUT2D eigenvalue weighted by molar-refractivity contribution is 6.24. The van der Waals surface area contributed by atoms with Gasteiger partial charge in [-0.05, 0) is 68.8 Å². The van der Waals surface area contributed by atoms with E-state index >= 15 is 0 Å². The highest BCUT2D eigenvalue weighted by Gasteiger charge is 2.64. The van der Waals surface area contributed by atoms with Crippen molar-refractivity contribution in [2.45, 2.75) is 24.5 Å². The maximum Gasteiger partial charge on any atom is 0.323 e. The van der Waals surface area contributed by atoms with Crippen molar-refractivity contribution in [3.8, 4) is 5.75 Å². The first-order chi connectivity index (χ1) is 21.5. The van der Waals surface area contributed by atoms with Gasteiger partial charge in [0.25, 0.3) is 5.91 Å². The normalized spacial score (nSPS) is 23.9. The topological polar surface area (TPSA) is 249 Å². The summed E-state index contributed by atoms with van der Waals surface area (Å²) in [5, 5.41) is 68.9. The molecule has 1 fully saturated rings. The van der Waals surface area contributed by atoms with Crippen molar-refractivity contribution in [3.63, 3.8) is 0 Å². The molecule has 244 valence electrons. The molecule has 0 aliphatic heterocycles. The minimum absolute atomic E-state index is 0.0377. The summed E-state index contributed by atoms with van der Waals surface area (Å²) >= 11 is 0. The van der Waals surface area contributed by atoms with Crippen LogP contribution in [0.5, 0.6) is 5.75 Å². The van der Waals surface area contributed by atoms with E-state index in [2.05, 4.69) is 10.6 Å². The first-order valence-electron chi connectivity index (χ1n) is 14.1. The number of fused-ring (bicyclic) bond motifs is 3. The van der Waals surface area contributed by atoms with Crippen LogP contribution in [0, 0.1) is 11.8 Å². The average molecular weight is 639 g/mol. The summed E-state index contributed by atoms with van der Waals surface area (Å²) in [6, 6.07) is 4.89. The number of likely N-dealkylation sites (N-methyl/N-ethyl adjacent to an activating group) is 1. The second-order valence-electron chi connectivity index (χ2n) is 11.9. The molecule has 5 rings (SSSR count). The number of nitrogens with zero attached hydrogens (tertiary/aromatic N) is 3. The van der Waals surface area contributed by atoms with Crippen LogP contribution in [0.15, 0.2) is 47.2 Å². The quantitative estimate of drug-likeness (QED) is 0.123. The molecule has 0 aromatic heterocycles. The largest absolute Gasteiger partial charge is 0.508 e. The minimum atomic E-state index is -2.78. The summed E-state index contributed by atoms with van der Waals surface area (Å²) in [6.07, 6.45) is 0.00603. The second kappa shape index (κ2) is 11.3. The Morgan fingerprint density at radius 2 is 1.63 bits per heavy atom. The van der Waals surface area contributed by atoms with Gasteiger partial charge in [0.05, 0.1) is 23.0 Å². The van der Waals surface area contributed by atoms with E-state index in [1.54, 1.807) is 19.0 Å². The predicted octanol–water partition coefficient (Wildman–Crippen LogP) is 1.26. The Morgan fingerprint density at radius 3 is 2.17 bits per heavy atom. The number of Topliss-reactive ketones (excluding diaryl/α,β-unsaturated/α-hetero) is 2. The van der Waals surface area contributed by atoms with E-state index in [9.17, 15) is 39.6 Å².